The fourth-order valence-electron chi connectivity index (χ4n) is 3.51. The van der Waals surface area contributed by atoms with Crippen molar-refractivity contribution >= 4 is 43.2 Å². The second-order valence-corrected chi connectivity index (χ2v) is 9.85. The van der Waals surface area contributed by atoms with Gasteiger partial charge in [-0.3, -0.25) is 9.52 Å². The number of benzene rings is 2. The first-order chi connectivity index (χ1) is 12.8. The number of aryl methyl sites for hydroxylation is 1. The van der Waals surface area contributed by atoms with Crippen LogP contribution in [0.25, 0.3) is 0 Å². The minimum Gasteiger partial charge on any atom is -0.310 e. The van der Waals surface area contributed by atoms with Crippen LogP contribution in [-0.2, 0) is 21.2 Å². The number of carbonyl (C=O) groups is 1. The van der Waals surface area contributed by atoms with Crippen LogP contribution >= 0.6 is 15.9 Å². The summed E-state index contributed by atoms with van der Waals surface area (Å²) in [6.07, 6.45) is 2.45. The Morgan fingerprint density at radius 3 is 2.67 bits per heavy atom. The summed E-state index contributed by atoms with van der Waals surface area (Å²) in [5.74, 6) is 0.0846. The number of nitrogens with one attached hydrogen (secondary N) is 1. The van der Waals surface area contributed by atoms with Crippen LogP contribution in [-0.4, -0.2) is 20.9 Å². The number of amides is 1. The predicted molar refractivity (Wildman–Crippen MR) is 110 cm³/mol. The Labute approximate surface area is 167 Å². The van der Waals surface area contributed by atoms with Crippen LogP contribution < -0.4 is 9.62 Å². The second kappa shape index (κ2) is 6.63. The molecular formula is C20H21BrN2O3S. The number of carbonyl (C=O) groups excluding carboxylic acids is 1. The van der Waals surface area contributed by atoms with Crippen molar-refractivity contribution in [3.8, 4) is 0 Å². The molecule has 0 aromatic heterocycles. The Morgan fingerprint density at radius 1 is 1.22 bits per heavy atom. The lowest BCUT2D eigenvalue weighted by Gasteiger charge is -2.21. The highest BCUT2D eigenvalue weighted by molar-refractivity contribution is 9.10. The number of nitrogens with zero attached hydrogens (tertiary/aromatic N) is 1. The molecule has 0 radical (unpaired) electrons. The fraction of sp³-hybridized carbons (Fsp3) is 0.350. The van der Waals surface area contributed by atoms with Crippen molar-refractivity contribution in [2.24, 2.45) is 5.92 Å². The van der Waals surface area contributed by atoms with E-state index >= 15 is 0 Å². The summed E-state index contributed by atoms with van der Waals surface area (Å²) >= 11 is 3.42. The van der Waals surface area contributed by atoms with E-state index in [1.54, 1.807) is 17.0 Å². The molecule has 1 N–H and O–H groups in total. The molecule has 0 saturated heterocycles. The van der Waals surface area contributed by atoms with Crippen molar-refractivity contribution < 1.29 is 13.2 Å². The number of anilines is 2. The number of hydrogen-bond acceptors (Lipinski definition) is 3. The minimum atomic E-state index is -3.85. The van der Waals surface area contributed by atoms with Gasteiger partial charge in [-0.1, -0.05) is 28.1 Å². The zero-order chi connectivity index (χ0) is 19.3. The molecule has 1 heterocycles. The van der Waals surface area contributed by atoms with E-state index in [1.165, 1.54) is 0 Å². The van der Waals surface area contributed by atoms with E-state index in [4.69, 9.17) is 0 Å². The Kier molecular flexibility index (Phi) is 4.55. The summed E-state index contributed by atoms with van der Waals surface area (Å²) in [6, 6.07) is 9.02. The third-order valence-corrected chi connectivity index (χ3v) is 7.16. The van der Waals surface area contributed by atoms with E-state index in [2.05, 4.69) is 20.7 Å². The van der Waals surface area contributed by atoms with Crippen LogP contribution in [0.3, 0.4) is 0 Å². The zero-order valence-corrected chi connectivity index (χ0v) is 17.7. The van der Waals surface area contributed by atoms with Gasteiger partial charge >= 0.3 is 0 Å². The first-order valence-electron chi connectivity index (χ1n) is 9.01. The minimum absolute atomic E-state index is 0.0410. The standard InChI is InChI=1S/C20H21BrN2O3S/c1-12-4-3-5-17(13(12)2)22-27(25,26)18-11-16(21)10-15-8-9-23(19(15)18)20(24)14-6-7-14/h3-5,10-11,14,22H,6-9H2,1-2H3. The quantitative estimate of drug-likeness (QED) is 0.762. The molecule has 4 rings (SSSR count). The van der Waals surface area contributed by atoms with Gasteiger partial charge < -0.3 is 4.90 Å². The van der Waals surface area contributed by atoms with Gasteiger partial charge in [-0.05, 0) is 68.0 Å². The van der Waals surface area contributed by atoms with Gasteiger partial charge in [0.05, 0.1) is 11.4 Å². The summed E-state index contributed by atoms with van der Waals surface area (Å²) in [5, 5.41) is 0. The molecule has 0 atom stereocenters. The van der Waals surface area contributed by atoms with Crippen molar-refractivity contribution in [2.45, 2.75) is 38.0 Å². The van der Waals surface area contributed by atoms with Crippen LogP contribution in [0.2, 0.25) is 0 Å². The van der Waals surface area contributed by atoms with E-state index in [0.29, 0.717) is 28.8 Å². The average molecular weight is 449 g/mol. The number of halogens is 1. The second-order valence-electron chi connectivity index (χ2n) is 7.28. The molecule has 142 valence electrons. The van der Waals surface area contributed by atoms with E-state index in [0.717, 1.165) is 29.5 Å². The summed E-state index contributed by atoms with van der Waals surface area (Å²) in [6.45, 7) is 4.37. The molecule has 0 unspecified atom stereocenters. The highest BCUT2D eigenvalue weighted by atomic mass is 79.9. The van der Waals surface area contributed by atoms with E-state index in [9.17, 15) is 13.2 Å². The molecule has 2 aliphatic rings. The van der Waals surface area contributed by atoms with E-state index in [1.807, 2.05) is 32.0 Å². The smallest absolute Gasteiger partial charge is 0.264 e. The van der Waals surface area contributed by atoms with Gasteiger partial charge in [-0.15, -0.1) is 0 Å². The molecular weight excluding hydrogens is 428 g/mol. The summed E-state index contributed by atoms with van der Waals surface area (Å²) in [7, 11) is -3.85. The van der Waals surface area contributed by atoms with E-state index < -0.39 is 10.0 Å². The Morgan fingerprint density at radius 2 is 1.96 bits per heavy atom. The van der Waals surface area contributed by atoms with E-state index in [-0.39, 0.29) is 16.7 Å². The predicted octanol–water partition coefficient (Wildman–Crippen LogP) is 4.17. The van der Waals surface area contributed by atoms with Crippen LogP contribution in [0, 0.1) is 19.8 Å². The first kappa shape index (κ1) is 18.5. The highest BCUT2D eigenvalue weighted by Gasteiger charge is 2.39. The average Bonchev–Trinajstić information content (AvgIpc) is 3.37. The lowest BCUT2D eigenvalue weighted by atomic mass is 10.1. The van der Waals surface area contributed by atoms with Gasteiger partial charge in [-0.2, -0.15) is 0 Å². The first-order valence-corrected chi connectivity index (χ1v) is 11.3. The molecule has 1 fully saturated rings. The van der Waals surface area contributed by atoms with Crippen molar-refractivity contribution in [1.82, 2.24) is 0 Å². The van der Waals surface area contributed by atoms with Crippen LogP contribution in [0.15, 0.2) is 39.7 Å². The van der Waals surface area contributed by atoms with Gasteiger partial charge in [0.2, 0.25) is 5.91 Å². The lowest BCUT2D eigenvalue weighted by molar-refractivity contribution is -0.119. The topological polar surface area (TPSA) is 66.5 Å². The number of rotatable bonds is 4. The zero-order valence-electron chi connectivity index (χ0n) is 15.3. The number of hydrogen-bond donors (Lipinski definition) is 1. The summed E-state index contributed by atoms with van der Waals surface area (Å²) in [4.78, 5) is 14.5. The van der Waals surface area contributed by atoms with Crippen LogP contribution in [0.4, 0.5) is 11.4 Å². The SMILES string of the molecule is Cc1cccc(NS(=O)(=O)c2cc(Br)cc3c2N(C(=O)C2CC2)CC3)c1C. The molecule has 1 aliphatic carbocycles. The van der Waals surface area contributed by atoms with Gasteiger partial charge in [-0.25, -0.2) is 8.42 Å². The molecule has 1 aliphatic heterocycles. The Bertz CT molecular complexity index is 1050. The van der Waals surface area contributed by atoms with Gasteiger partial charge in [0.1, 0.15) is 4.90 Å². The molecule has 1 saturated carbocycles. The molecule has 2 aromatic rings. The number of fused-ring (bicyclic) bond motifs is 1. The highest BCUT2D eigenvalue weighted by Crippen LogP contribution is 2.41. The molecule has 5 nitrogen and oxygen atoms in total. The molecule has 0 spiro atoms. The monoisotopic (exact) mass is 448 g/mol. The Balaban J connectivity index is 1.79. The van der Waals surface area contributed by atoms with Gasteiger partial charge in [0.15, 0.2) is 0 Å². The van der Waals surface area contributed by atoms with Crippen molar-refractivity contribution in [3.63, 3.8) is 0 Å². The largest absolute Gasteiger partial charge is 0.310 e. The maximum absolute atomic E-state index is 13.3. The van der Waals surface area contributed by atoms with Crippen LogP contribution in [0.5, 0.6) is 0 Å². The third kappa shape index (κ3) is 3.38. The van der Waals surface area contributed by atoms with Crippen LogP contribution in [0.1, 0.15) is 29.5 Å². The number of sulfonamides is 1. The van der Waals surface area contributed by atoms with Crippen molar-refractivity contribution in [1.29, 1.82) is 0 Å². The maximum atomic E-state index is 13.3. The molecule has 1 amide bonds. The molecule has 0 bridgehead atoms. The van der Waals surface area contributed by atoms with Crippen molar-refractivity contribution in [3.05, 3.63) is 51.5 Å². The molecule has 2 aromatic carbocycles. The lowest BCUT2D eigenvalue weighted by Crippen LogP contribution is -2.31. The molecule has 27 heavy (non-hydrogen) atoms. The normalized spacial score (nSPS) is 16.3. The Hall–Kier alpha value is -1.86. The maximum Gasteiger partial charge on any atom is 0.264 e. The van der Waals surface area contributed by atoms with Crippen molar-refractivity contribution in [2.75, 3.05) is 16.2 Å². The summed E-state index contributed by atoms with van der Waals surface area (Å²) < 4.78 is 29.9. The summed E-state index contributed by atoms with van der Waals surface area (Å²) in [5.41, 5.74) is 3.88. The van der Waals surface area contributed by atoms with Gasteiger partial charge in [0.25, 0.3) is 10.0 Å². The fourth-order valence-corrected chi connectivity index (χ4v) is 5.56. The third-order valence-electron chi connectivity index (χ3n) is 5.32. The molecule has 7 heteroatoms. The van der Waals surface area contributed by atoms with Gasteiger partial charge in [0, 0.05) is 16.9 Å².